The van der Waals surface area contributed by atoms with Crippen LogP contribution < -0.4 is 10.2 Å². The lowest BCUT2D eigenvalue weighted by molar-refractivity contribution is 0.396. The van der Waals surface area contributed by atoms with E-state index in [-0.39, 0.29) is 0 Å². The molecule has 8 heteroatoms. The Kier molecular flexibility index (Phi) is 5.10. The Hall–Kier alpha value is -3.34. The van der Waals surface area contributed by atoms with Crippen LogP contribution in [0.2, 0.25) is 0 Å². The fourth-order valence-electron chi connectivity index (χ4n) is 4.10. The van der Waals surface area contributed by atoms with Crippen LogP contribution in [0, 0.1) is 28.9 Å². The fraction of sp³-hybridized carbons (Fsp3) is 0.391. The van der Waals surface area contributed by atoms with Crippen molar-refractivity contribution in [2.24, 2.45) is 5.92 Å². The molecule has 0 amide bonds. The molecular weight excluding hydrogens is 398 g/mol. The van der Waals surface area contributed by atoms with Crippen molar-refractivity contribution in [2.45, 2.75) is 38.1 Å². The van der Waals surface area contributed by atoms with Gasteiger partial charge in [0.2, 0.25) is 0 Å². The molecule has 1 aliphatic carbocycles. The molecule has 1 saturated carbocycles. The lowest BCUT2D eigenvalue weighted by Crippen LogP contribution is -2.35. The zero-order valence-corrected chi connectivity index (χ0v) is 17.0. The van der Waals surface area contributed by atoms with Gasteiger partial charge in [0, 0.05) is 31.3 Å². The van der Waals surface area contributed by atoms with Gasteiger partial charge in [0.15, 0.2) is 11.6 Å². The third-order valence-corrected chi connectivity index (χ3v) is 6.00. The van der Waals surface area contributed by atoms with Crippen molar-refractivity contribution in [3.63, 3.8) is 0 Å². The lowest BCUT2D eigenvalue weighted by atomic mass is 9.90. The second kappa shape index (κ2) is 8.06. The van der Waals surface area contributed by atoms with Gasteiger partial charge in [0.25, 0.3) is 0 Å². The first-order valence-corrected chi connectivity index (χ1v) is 10.6. The van der Waals surface area contributed by atoms with E-state index in [1.807, 2.05) is 6.07 Å². The summed E-state index contributed by atoms with van der Waals surface area (Å²) in [5.41, 5.74) is 2.20. The molecule has 3 heterocycles. The van der Waals surface area contributed by atoms with Crippen LogP contribution in [0.15, 0.2) is 30.5 Å². The van der Waals surface area contributed by atoms with Crippen LogP contribution in [0.4, 0.5) is 20.4 Å². The Labute approximate surface area is 179 Å². The maximum atomic E-state index is 14.0. The maximum absolute atomic E-state index is 14.0. The summed E-state index contributed by atoms with van der Waals surface area (Å²) in [5.74, 6) is 0.871. The Bertz CT molecular complexity index is 1160. The van der Waals surface area contributed by atoms with Gasteiger partial charge < -0.3 is 10.2 Å². The van der Waals surface area contributed by atoms with E-state index in [4.69, 9.17) is 15.2 Å². The summed E-state index contributed by atoms with van der Waals surface area (Å²) in [4.78, 5) is 15.9. The summed E-state index contributed by atoms with van der Waals surface area (Å²) in [6.45, 7) is 1.58. The largest absolute Gasteiger partial charge is 0.364 e. The molecule has 0 spiro atoms. The number of halogens is 2. The first-order chi connectivity index (χ1) is 15.1. The van der Waals surface area contributed by atoms with Gasteiger partial charge in [-0.1, -0.05) is 6.07 Å². The predicted molar refractivity (Wildman–Crippen MR) is 114 cm³/mol. The van der Waals surface area contributed by atoms with Crippen molar-refractivity contribution in [1.82, 2.24) is 15.0 Å². The van der Waals surface area contributed by atoms with E-state index in [9.17, 15) is 8.78 Å². The molecular formula is C23H22F2N6. The van der Waals surface area contributed by atoms with Crippen LogP contribution in [0.1, 0.15) is 36.9 Å². The van der Waals surface area contributed by atoms with Crippen molar-refractivity contribution >= 4 is 22.7 Å². The van der Waals surface area contributed by atoms with Gasteiger partial charge in [-0.25, -0.2) is 23.7 Å². The number of anilines is 2. The number of hydrogen-bond donors (Lipinski definition) is 1. The van der Waals surface area contributed by atoms with Crippen LogP contribution in [0.3, 0.4) is 0 Å². The van der Waals surface area contributed by atoms with Crippen LogP contribution in [-0.2, 0) is 6.42 Å². The fourth-order valence-corrected chi connectivity index (χ4v) is 4.10. The molecule has 2 aliphatic rings. The van der Waals surface area contributed by atoms with Gasteiger partial charge in [0.1, 0.15) is 28.9 Å². The van der Waals surface area contributed by atoms with Gasteiger partial charge in [-0.3, -0.25) is 0 Å². The number of hydrogen-bond acceptors (Lipinski definition) is 6. The highest BCUT2D eigenvalue weighted by atomic mass is 19.1. The molecule has 1 N–H and O–H groups in total. The van der Waals surface area contributed by atoms with Crippen molar-refractivity contribution in [1.29, 1.82) is 5.26 Å². The molecule has 5 rings (SSSR count). The van der Waals surface area contributed by atoms with Crippen molar-refractivity contribution in [3.8, 4) is 6.07 Å². The minimum absolute atomic E-state index is 0.320. The molecule has 0 atom stereocenters. The number of rotatable bonds is 5. The number of nitriles is 1. The van der Waals surface area contributed by atoms with Gasteiger partial charge in [-0.15, -0.1) is 0 Å². The van der Waals surface area contributed by atoms with E-state index < -0.39 is 11.6 Å². The molecule has 2 aromatic heterocycles. The maximum Gasteiger partial charge on any atom is 0.172 e. The molecule has 1 aromatic carbocycles. The number of pyridine rings is 1. The van der Waals surface area contributed by atoms with E-state index in [0.717, 1.165) is 56.5 Å². The zero-order valence-electron chi connectivity index (χ0n) is 17.0. The summed E-state index contributed by atoms with van der Waals surface area (Å²) in [7, 11) is 0. The highest BCUT2D eigenvalue weighted by Crippen LogP contribution is 2.33. The van der Waals surface area contributed by atoms with Gasteiger partial charge in [0.05, 0.1) is 11.7 Å². The Morgan fingerprint density at radius 3 is 2.58 bits per heavy atom. The van der Waals surface area contributed by atoms with Crippen LogP contribution >= 0.6 is 0 Å². The smallest absolute Gasteiger partial charge is 0.172 e. The molecule has 31 heavy (non-hydrogen) atoms. The second-order valence-corrected chi connectivity index (χ2v) is 8.35. The SMILES string of the molecule is N#Cc1cc2nc(NC3CC3)c(N3CCC(Cc4ccc(F)cc4F)CC3)nc2cn1. The summed E-state index contributed by atoms with van der Waals surface area (Å²) in [5, 5.41) is 12.6. The third-order valence-electron chi connectivity index (χ3n) is 6.00. The number of nitrogens with one attached hydrogen (secondary N) is 1. The van der Waals surface area contributed by atoms with Crippen molar-refractivity contribution < 1.29 is 8.78 Å². The summed E-state index contributed by atoms with van der Waals surface area (Å²) in [6.07, 6.45) is 6.22. The number of benzene rings is 1. The van der Waals surface area contributed by atoms with Crippen LogP contribution in [0.5, 0.6) is 0 Å². The number of fused-ring (bicyclic) bond motifs is 1. The van der Waals surface area contributed by atoms with E-state index >= 15 is 0 Å². The lowest BCUT2D eigenvalue weighted by Gasteiger charge is -2.33. The molecule has 2 fully saturated rings. The molecule has 3 aromatic rings. The topological polar surface area (TPSA) is 77.7 Å². The molecule has 6 nitrogen and oxygen atoms in total. The highest BCUT2D eigenvalue weighted by molar-refractivity contribution is 5.80. The third kappa shape index (κ3) is 4.26. The number of nitrogens with zero attached hydrogens (tertiary/aromatic N) is 5. The van der Waals surface area contributed by atoms with Gasteiger partial charge >= 0.3 is 0 Å². The van der Waals surface area contributed by atoms with Crippen LogP contribution in [0.25, 0.3) is 11.0 Å². The summed E-state index contributed by atoms with van der Waals surface area (Å²) < 4.78 is 27.2. The minimum atomic E-state index is -0.543. The van der Waals surface area contributed by atoms with Crippen LogP contribution in [-0.4, -0.2) is 34.1 Å². The Morgan fingerprint density at radius 1 is 1.06 bits per heavy atom. The molecule has 1 saturated heterocycles. The van der Waals surface area contributed by atoms with Crippen molar-refractivity contribution in [2.75, 3.05) is 23.3 Å². The van der Waals surface area contributed by atoms with Gasteiger partial charge in [-0.2, -0.15) is 5.26 Å². The average molecular weight is 420 g/mol. The van der Waals surface area contributed by atoms with Crippen molar-refractivity contribution in [3.05, 3.63) is 53.4 Å². The number of aromatic nitrogens is 3. The number of piperidine rings is 1. The first-order valence-electron chi connectivity index (χ1n) is 10.6. The van der Waals surface area contributed by atoms with E-state index in [1.54, 1.807) is 18.3 Å². The Morgan fingerprint density at radius 2 is 1.87 bits per heavy atom. The first kappa shape index (κ1) is 19.6. The highest BCUT2D eigenvalue weighted by Gasteiger charge is 2.28. The molecule has 0 unspecified atom stereocenters. The standard InChI is InChI=1S/C23H22F2N6/c24-16-2-1-15(19(25)10-16)9-14-5-7-31(8-6-14)23-22(28-17-3-4-17)29-20-11-18(12-26)27-13-21(20)30-23/h1-2,10-11,13-14,17H,3-9H2,(H,28,29). The van der Waals surface area contributed by atoms with E-state index in [2.05, 4.69) is 15.2 Å². The summed E-state index contributed by atoms with van der Waals surface area (Å²) in [6, 6.07) is 7.94. The zero-order chi connectivity index (χ0) is 21.4. The molecule has 0 radical (unpaired) electrons. The normalized spacial score (nSPS) is 17.0. The predicted octanol–water partition coefficient (Wildman–Crippen LogP) is 4.21. The monoisotopic (exact) mass is 420 g/mol. The average Bonchev–Trinajstić information content (AvgIpc) is 3.59. The molecule has 158 valence electrons. The Balaban J connectivity index is 1.35. The van der Waals surface area contributed by atoms with E-state index in [1.165, 1.54) is 6.07 Å². The summed E-state index contributed by atoms with van der Waals surface area (Å²) >= 11 is 0. The molecule has 0 bridgehead atoms. The molecule has 1 aliphatic heterocycles. The van der Waals surface area contributed by atoms with Gasteiger partial charge in [-0.05, 0) is 49.7 Å². The second-order valence-electron chi connectivity index (χ2n) is 8.35. The van der Waals surface area contributed by atoms with E-state index in [0.29, 0.717) is 40.7 Å². The minimum Gasteiger partial charge on any atom is -0.364 e. The quantitative estimate of drug-likeness (QED) is 0.666.